The minimum absolute atomic E-state index is 0.00326. The van der Waals surface area contributed by atoms with Crippen molar-refractivity contribution in [2.45, 2.75) is 19.4 Å². The zero-order valence-corrected chi connectivity index (χ0v) is 13.7. The predicted octanol–water partition coefficient (Wildman–Crippen LogP) is 2.49. The number of piperidine rings is 1. The van der Waals surface area contributed by atoms with Crippen molar-refractivity contribution in [3.05, 3.63) is 54.1 Å². The van der Waals surface area contributed by atoms with E-state index in [0.717, 1.165) is 37.4 Å². The molecule has 1 amide bonds. The van der Waals surface area contributed by atoms with Crippen LogP contribution in [0.15, 0.2) is 42.7 Å². The summed E-state index contributed by atoms with van der Waals surface area (Å²) in [6, 6.07) is 8.18. The van der Waals surface area contributed by atoms with Crippen LogP contribution in [0.3, 0.4) is 0 Å². The molecule has 5 nitrogen and oxygen atoms in total. The summed E-state index contributed by atoms with van der Waals surface area (Å²) in [5, 5.41) is 0. The minimum Gasteiger partial charge on any atom is -0.341 e. The van der Waals surface area contributed by atoms with E-state index < -0.39 is 0 Å². The fourth-order valence-electron chi connectivity index (χ4n) is 3.08. The summed E-state index contributed by atoms with van der Waals surface area (Å²) in [6.07, 6.45) is 5.02. The van der Waals surface area contributed by atoms with Gasteiger partial charge in [0.25, 0.3) is 0 Å². The van der Waals surface area contributed by atoms with Crippen LogP contribution in [0.1, 0.15) is 18.4 Å². The second kappa shape index (κ2) is 7.38. The van der Waals surface area contributed by atoms with Crippen LogP contribution in [0.2, 0.25) is 0 Å². The van der Waals surface area contributed by atoms with Gasteiger partial charge in [-0.1, -0.05) is 12.1 Å². The minimum atomic E-state index is -0.274. The highest BCUT2D eigenvalue weighted by Crippen LogP contribution is 2.22. The number of aromatic nitrogens is 2. The number of nitrogens with zero attached hydrogens (tertiary/aromatic N) is 4. The van der Waals surface area contributed by atoms with Crippen molar-refractivity contribution in [1.82, 2.24) is 14.9 Å². The number of anilines is 1. The molecule has 1 aliphatic heterocycles. The molecular weight excluding hydrogens is 307 g/mol. The summed E-state index contributed by atoms with van der Waals surface area (Å²) in [5.41, 5.74) is 0.806. The van der Waals surface area contributed by atoms with Gasteiger partial charge in [-0.2, -0.15) is 0 Å². The van der Waals surface area contributed by atoms with Crippen molar-refractivity contribution in [3.8, 4) is 0 Å². The molecule has 2 aromatic rings. The molecule has 0 aliphatic carbocycles. The van der Waals surface area contributed by atoms with Crippen molar-refractivity contribution in [3.63, 3.8) is 0 Å². The Morgan fingerprint density at radius 2 is 1.96 bits per heavy atom. The van der Waals surface area contributed by atoms with E-state index in [2.05, 4.69) is 14.9 Å². The molecule has 1 aromatic heterocycles. The van der Waals surface area contributed by atoms with Gasteiger partial charge in [-0.3, -0.25) is 4.79 Å². The zero-order valence-electron chi connectivity index (χ0n) is 13.7. The molecule has 0 spiro atoms. The van der Waals surface area contributed by atoms with Gasteiger partial charge in [0.1, 0.15) is 5.82 Å². The number of rotatable bonds is 4. The molecule has 1 saturated heterocycles. The lowest BCUT2D eigenvalue weighted by atomic mass is 9.95. The van der Waals surface area contributed by atoms with Gasteiger partial charge in [0.15, 0.2) is 0 Å². The third kappa shape index (κ3) is 3.88. The third-order valence-corrected chi connectivity index (χ3v) is 4.36. The first kappa shape index (κ1) is 16.4. The van der Waals surface area contributed by atoms with E-state index in [0.29, 0.717) is 6.54 Å². The van der Waals surface area contributed by atoms with Crippen LogP contribution >= 0.6 is 0 Å². The van der Waals surface area contributed by atoms with Crippen molar-refractivity contribution < 1.29 is 9.18 Å². The van der Waals surface area contributed by atoms with Gasteiger partial charge in [-0.25, -0.2) is 14.4 Å². The average molecular weight is 328 g/mol. The highest BCUT2D eigenvalue weighted by atomic mass is 19.1. The molecule has 0 saturated carbocycles. The molecule has 1 aliphatic rings. The third-order valence-electron chi connectivity index (χ3n) is 4.36. The second-order valence-electron chi connectivity index (χ2n) is 6.13. The van der Waals surface area contributed by atoms with Gasteiger partial charge < -0.3 is 9.80 Å². The lowest BCUT2D eigenvalue weighted by Crippen LogP contribution is -2.41. The normalized spacial score (nSPS) is 15.3. The van der Waals surface area contributed by atoms with E-state index in [1.54, 1.807) is 36.5 Å². The molecule has 1 aromatic carbocycles. The zero-order chi connectivity index (χ0) is 16.9. The summed E-state index contributed by atoms with van der Waals surface area (Å²) >= 11 is 0. The Morgan fingerprint density at radius 1 is 1.25 bits per heavy atom. The molecule has 3 rings (SSSR count). The Hall–Kier alpha value is -2.50. The van der Waals surface area contributed by atoms with E-state index in [4.69, 9.17) is 0 Å². The van der Waals surface area contributed by atoms with Crippen molar-refractivity contribution >= 4 is 11.9 Å². The first-order valence-corrected chi connectivity index (χ1v) is 8.15. The summed E-state index contributed by atoms with van der Waals surface area (Å²) in [5.74, 6) is 0.567. The van der Waals surface area contributed by atoms with Crippen molar-refractivity contribution in [2.75, 3.05) is 25.0 Å². The summed E-state index contributed by atoms with van der Waals surface area (Å²) in [6.45, 7) is 1.97. The Kier molecular flexibility index (Phi) is 5.03. The SMILES string of the molecule is CN(Cc1cccc(F)c1)C(=O)C1CCN(c2ncccn2)CC1. The van der Waals surface area contributed by atoms with Gasteiger partial charge in [0.05, 0.1) is 0 Å². The highest BCUT2D eigenvalue weighted by molar-refractivity contribution is 5.78. The van der Waals surface area contributed by atoms with E-state index in [1.165, 1.54) is 12.1 Å². The number of halogens is 1. The highest BCUT2D eigenvalue weighted by Gasteiger charge is 2.28. The fraction of sp³-hybridized carbons (Fsp3) is 0.389. The molecule has 0 radical (unpaired) electrons. The van der Waals surface area contributed by atoms with E-state index in [1.807, 2.05) is 6.07 Å². The topological polar surface area (TPSA) is 49.3 Å². The Labute approximate surface area is 141 Å². The lowest BCUT2D eigenvalue weighted by molar-refractivity contribution is -0.135. The van der Waals surface area contributed by atoms with Crippen molar-refractivity contribution in [2.24, 2.45) is 5.92 Å². The Bertz CT molecular complexity index is 686. The van der Waals surface area contributed by atoms with Gasteiger partial charge in [0, 0.05) is 45.0 Å². The number of carbonyl (C=O) groups excluding carboxylic acids is 1. The molecule has 1 fully saturated rings. The predicted molar refractivity (Wildman–Crippen MR) is 89.8 cm³/mol. The van der Waals surface area contributed by atoms with Gasteiger partial charge in [-0.05, 0) is 36.6 Å². The Morgan fingerprint density at radius 3 is 2.62 bits per heavy atom. The molecule has 0 unspecified atom stereocenters. The molecule has 0 atom stereocenters. The molecule has 2 heterocycles. The number of hydrogen-bond acceptors (Lipinski definition) is 4. The summed E-state index contributed by atoms with van der Waals surface area (Å²) < 4.78 is 13.3. The standard InChI is InChI=1S/C18H21FN4O/c1-22(13-14-4-2-5-16(19)12-14)17(24)15-6-10-23(11-7-15)18-20-8-3-9-21-18/h2-5,8-9,12,15H,6-7,10-11,13H2,1H3. The first-order chi connectivity index (χ1) is 11.6. The van der Waals surface area contributed by atoms with Gasteiger partial charge in [-0.15, -0.1) is 0 Å². The number of benzene rings is 1. The van der Waals surface area contributed by atoms with Crippen LogP contribution in [0, 0.1) is 11.7 Å². The van der Waals surface area contributed by atoms with Crippen LogP contribution in [0.25, 0.3) is 0 Å². The number of amides is 1. The largest absolute Gasteiger partial charge is 0.341 e. The first-order valence-electron chi connectivity index (χ1n) is 8.15. The molecule has 0 N–H and O–H groups in total. The monoisotopic (exact) mass is 328 g/mol. The number of carbonyl (C=O) groups is 1. The maximum Gasteiger partial charge on any atom is 0.225 e. The average Bonchev–Trinajstić information content (AvgIpc) is 2.62. The van der Waals surface area contributed by atoms with Gasteiger partial charge in [0.2, 0.25) is 11.9 Å². The van der Waals surface area contributed by atoms with E-state index >= 15 is 0 Å². The smallest absolute Gasteiger partial charge is 0.225 e. The van der Waals surface area contributed by atoms with Crippen LogP contribution in [-0.2, 0) is 11.3 Å². The van der Waals surface area contributed by atoms with E-state index in [-0.39, 0.29) is 17.6 Å². The van der Waals surface area contributed by atoms with Crippen LogP contribution < -0.4 is 4.90 Å². The van der Waals surface area contributed by atoms with Crippen LogP contribution in [-0.4, -0.2) is 40.9 Å². The van der Waals surface area contributed by atoms with E-state index in [9.17, 15) is 9.18 Å². The maximum atomic E-state index is 13.3. The molecule has 6 heteroatoms. The van der Waals surface area contributed by atoms with Gasteiger partial charge >= 0.3 is 0 Å². The maximum absolute atomic E-state index is 13.3. The molecule has 24 heavy (non-hydrogen) atoms. The molecular formula is C18H21FN4O. The quantitative estimate of drug-likeness (QED) is 0.865. The number of hydrogen-bond donors (Lipinski definition) is 0. The summed E-state index contributed by atoms with van der Waals surface area (Å²) in [7, 11) is 1.78. The molecule has 126 valence electrons. The summed E-state index contributed by atoms with van der Waals surface area (Å²) in [4.78, 5) is 24.9. The molecule has 0 bridgehead atoms. The van der Waals surface area contributed by atoms with Crippen LogP contribution in [0.5, 0.6) is 0 Å². The van der Waals surface area contributed by atoms with Crippen molar-refractivity contribution in [1.29, 1.82) is 0 Å². The fourth-order valence-corrected chi connectivity index (χ4v) is 3.08. The lowest BCUT2D eigenvalue weighted by Gasteiger charge is -2.33. The second-order valence-corrected chi connectivity index (χ2v) is 6.13. The van der Waals surface area contributed by atoms with Crippen LogP contribution in [0.4, 0.5) is 10.3 Å². The Balaban J connectivity index is 1.55.